The van der Waals surface area contributed by atoms with E-state index in [0.29, 0.717) is 0 Å². The topological polar surface area (TPSA) is 17.1 Å². The van der Waals surface area contributed by atoms with Gasteiger partial charge in [0, 0.05) is 5.92 Å². The quantitative estimate of drug-likeness (QED) is 0.432. The van der Waals surface area contributed by atoms with Crippen LogP contribution in [-0.2, 0) is 4.79 Å². The van der Waals surface area contributed by atoms with E-state index in [1.54, 1.807) is 0 Å². The first-order valence-corrected chi connectivity index (χ1v) is 4.69. The van der Waals surface area contributed by atoms with Crippen LogP contribution in [0.1, 0.15) is 40.0 Å². The van der Waals surface area contributed by atoms with Gasteiger partial charge in [0.25, 0.3) is 0 Å². The molecule has 68 valence electrons. The molecule has 0 saturated carbocycles. The van der Waals surface area contributed by atoms with Gasteiger partial charge in [0.15, 0.2) is 0 Å². The van der Waals surface area contributed by atoms with Crippen molar-refractivity contribution >= 4 is 6.29 Å². The molecule has 0 bridgehead atoms. The Morgan fingerprint density at radius 2 is 2.17 bits per heavy atom. The molecule has 12 heavy (non-hydrogen) atoms. The van der Waals surface area contributed by atoms with Crippen LogP contribution < -0.4 is 0 Å². The molecule has 0 fully saturated rings. The van der Waals surface area contributed by atoms with Crippen LogP contribution in [0.5, 0.6) is 0 Å². The van der Waals surface area contributed by atoms with Crippen LogP contribution in [0.2, 0.25) is 0 Å². The minimum absolute atomic E-state index is 0.252. The van der Waals surface area contributed by atoms with E-state index >= 15 is 0 Å². The number of hydrogen-bond donors (Lipinski definition) is 0. The van der Waals surface area contributed by atoms with Crippen molar-refractivity contribution < 1.29 is 4.79 Å². The molecule has 1 rings (SSSR count). The molecule has 0 spiro atoms. The van der Waals surface area contributed by atoms with Gasteiger partial charge in [0.05, 0.1) is 0 Å². The Kier molecular flexibility index (Phi) is 2.71. The molecule has 0 aromatic rings. The van der Waals surface area contributed by atoms with E-state index in [4.69, 9.17) is 0 Å². The minimum atomic E-state index is 0.252. The summed E-state index contributed by atoms with van der Waals surface area (Å²) in [5, 5.41) is 0. The summed E-state index contributed by atoms with van der Waals surface area (Å²) in [5.74, 6) is 0.282. The summed E-state index contributed by atoms with van der Waals surface area (Å²) in [6, 6.07) is 0. The van der Waals surface area contributed by atoms with E-state index in [9.17, 15) is 4.79 Å². The number of allylic oxidation sites excluding steroid dienone is 2. The lowest BCUT2D eigenvalue weighted by Crippen LogP contribution is -2.17. The van der Waals surface area contributed by atoms with E-state index in [2.05, 4.69) is 26.8 Å². The summed E-state index contributed by atoms with van der Waals surface area (Å²) in [6.45, 7) is 6.64. The SMILES string of the molecule is CC(C)(C)C1=CCCC(C=O)C1. The number of rotatable bonds is 1. The molecule has 0 aromatic heterocycles. The fourth-order valence-corrected chi connectivity index (χ4v) is 1.67. The van der Waals surface area contributed by atoms with Gasteiger partial charge in [-0.2, -0.15) is 0 Å². The van der Waals surface area contributed by atoms with Crippen LogP contribution >= 0.6 is 0 Å². The fraction of sp³-hybridized carbons (Fsp3) is 0.727. The largest absolute Gasteiger partial charge is 0.303 e. The van der Waals surface area contributed by atoms with Gasteiger partial charge in [-0.15, -0.1) is 0 Å². The molecule has 0 radical (unpaired) electrons. The van der Waals surface area contributed by atoms with E-state index in [1.807, 2.05) is 0 Å². The monoisotopic (exact) mass is 166 g/mol. The van der Waals surface area contributed by atoms with Crippen molar-refractivity contribution in [1.82, 2.24) is 0 Å². The molecule has 1 heteroatoms. The maximum Gasteiger partial charge on any atom is 0.123 e. The average molecular weight is 166 g/mol. The first-order chi connectivity index (χ1) is 5.54. The Labute approximate surface area is 74.9 Å². The smallest absolute Gasteiger partial charge is 0.123 e. The van der Waals surface area contributed by atoms with E-state index < -0.39 is 0 Å². The zero-order chi connectivity index (χ0) is 9.19. The molecule has 0 aliphatic heterocycles. The molecular weight excluding hydrogens is 148 g/mol. The zero-order valence-electron chi connectivity index (χ0n) is 8.26. The van der Waals surface area contributed by atoms with Crippen LogP contribution in [0.3, 0.4) is 0 Å². The summed E-state index contributed by atoms with van der Waals surface area (Å²) in [7, 11) is 0. The number of hydrogen-bond acceptors (Lipinski definition) is 1. The van der Waals surface area contributed by atoms with Crippen LogP contribution in [0.4, 0.5) is 0 Å². The zero-order valence-corrected chi connectivity index (χ0v) is 8.26. The number of aldehydes is 1. The van der Waals surface area contributed by atoms with Gasteiger partial charge in [0.2, 0.25) is 0 Å². The van der Waals surface area contributed by atoms with Crippen LogP contribution in [0.15, 0.2) is 11.6 Å². The molecule has 1 aliphatic carbocycles. The summed E-state index contributed by atoms with van der Waals surface area (Å²) < 4.78 is 0. The van der Waals surface area contributed by atoms with Gasteiger partial charge in [-0.3, -0.25) is 0 Å². The average Bonchev–Trinajstić information content (AvgIpc) is 2.03. The number of carbonyl (C=O) groups excluding carboxylic acids is 1. The lowest BCUT2D eigenvalue weighted by molar-refractivity contribution is -0.111. The first-order valence-electron chi connectivity index (χ1n) is 4.69. The van der Waals surface area contributed by atoms with Crippen molar-refractivity contribution in [1.29, 1.82) is 0 Å². The molecule has 1 atom stereocenters. The lowest BCUT2D eigenvalue weighted by atomic mass is 9.77. The number of carbonyl (C=O) groups is 1. The molecule has 1 aliphatic rings. The van der Waals surface area contributed by atoms with E-state index in [0.717, 1.165) is 25.5 Å². The Morgan fingerprint density at radius 1 is 1.50 bits per heavy atom. The normalized spacial score (nSPS) is 24.9. The third-order valence-corrected chi connectivity index (χ3v) is 2.57. The molecule has 1 unspecified atom stereocenters. The fourth-order valence-electron chi connectivity index (χ4n) is 1.67. The Bertz CT molecular complexity index is 196. The van der Waals surface area contributed by atoms with Gasteiger partial charge in [-0.05, 0) is 24.7 Å². The van der Waals surface area contributed by atoms with Crippen molar-refractivity contribution in [3.63, 3.8) is 0 Å². The van der Waals surface area contributed by atoms with Crippen molar-refractivity contribution in [2.75, 3.05) is 0 Å². The third-order valence-electron chi connectivity index (χ3n) is 2.57. The van der Waals surface area contributed by atoms with Crippen LogP contribution in [0.25, 0.3) is 0 Å². The minimum Gasteiger partial charge on any atom is -0.303 e. The second-order valence-electron chi connectivity index (χ2n) is 4.66. The molecule has 0 aromatic carbocycles. The Morgan fingerprint density at radius 3 is 2.67 bits per heavy atom. The molecule has 0 heterocycles. The summed E-state index contributed by atoms with van der Waals surface area (Å²) in [4.78, 5) is 10.6. The first kappa shape index (κ1) is 9.50. The Hall–Kier alpha value is -0.590. The van der Waals surface area contributed by atoms with E-state index in [-0.39, 0.29) is 11.3 Å². The maximum atomic E-state index is 10.6. The van der Waals surface area contributed by atoms with Crippen molar-refractivity contribution in [2.24, 2.45) is 11.3 Å². The highest BCUT2D eigenvalue weighted by molar-refractivity contribution is 5.54. The van der Waals surface area contributed by atoms with Crippen molar-refractivity contribution in [3.05, 3.63) is 11.6 Å². The second-order valence-corrected chi connectivity index (χ2v) is 4.66. The highest BCUT2D eigenvalue weighted by Crippen LogP contribution is 2.34. The predicted octanol–water partition coefficient (Wildman–Crippen LogP) is 2.96. The van der Waals surface area contributed by atoms with Gasteiger partial charge in [0.1, 0.15) is 6.29 Å². The summed E-state index contributed by atoms with van der Waals surface area (Å²) >= 11 is 0. The second kappa shape index (κ2) is 3.42. The van der Waals surface area contributed by atoms with Crippen LogP contribution in [0, 0.1) is 11.3 Å². The van der Waals surface area contributed by atoms with E-state index in [1.165, 1.54) is 5.57 Å². The maximum absolute atomic E-state index is 10.6. The highest BCUT2D eigenvalue weighted by Gasteiger charge is 2.23. The molecular formula is C11H18O. The molecule has 0 saturated heterocycles. The highest BCUT2D eigenvalue weighted by atomic mass is 16.1. The summed E-state index contributed by atoms with van der Waals surface area (Å²) in [6.07, 6.45) is 6.52. The summed E-state index contributed by atoms with van der Waals surface area (Å²) in [5.41, 5.74) is 1.70. The van der Waals surface area contributed by atoms with Crippen molar-refractivity contribution in [2.45, 2.75) is 40.0 Å². The Balaban J connectivity index is 2.67. The van der Waals surface area contributed by atoms with Gasteiger partial charge >= 0.3 is 0 Å². The third kappa shape index (κ3) is 2.20. The molecule has 1 nitrogen and oxygen atoms in total. The van der Waals surface area contributed by atoms with Gasteiger partial charge in [-0.1, -0.05) is 32.4 Å². The van der Waals surface area contributed by atoms with Crippen molar-refractivity contribution in [3.8, 4) is 0 Å². The van der Waals surface area contributed by atoms with Crippen LogP contribution in [-0.4, -0.2) is 6.29 Å². The lowest BCUT2D eigenvalue weighted by Gasteiger charge is -2.28. The van der Waals surface area contributed by atoms with Gasteiger partial charge < -0.3 is 4.79 Å². The predicted molar refractivity (Wildman–Crippen MR) is 50.9 cm³/mol. The molecule has 0 N–H and O–H groups in total. The standard InChI is InChI=1S/C11H18O/c1-11(2,3)10-6-4-5-9(7-10)8-12/h6,8-9H,4-5,7H2,1-3H3. The van der Waals surface area contributed by atoms with Gasteiger partial charge in [-0.25, -0.2) is 0 Å². The molecule has 0 amide bonds.